The van der Waals surface area contributed by atoms with Crippen molar-refractivity contribution in [1.82, 2.24) is 20.6 Å². The lowest BCUT2D eigenvalue weighted by Crippen LogP contribution is -2.45. The number of H-pyrrole nitrogens is 1. The number of carbonyl (C=O) groups is 3. The predicted molar refractivity (Wildman–Crippen MR) is 171 cm³/mol. The van der Waals surface area contributed by atoms with Crippen LogP contribution in [0, 0.1) is 5.92 Å². The van der Waals surface area contributed by atoms with E-state index >= 15 is 0 Å². The van der Waals surface area contributed by atoms with E-state index in [-0.39, 0.29) is 53.7 Å². The molecule has 238 valence electrons. The highest BCUT2D eigenvalue weighted by atomic mass is 16.5. The number of hydrogen-bond donors (Lipinski definition) is 6. The van der Waals surface area contributed by atoms with Gasteiger partial charge in [0.05, 0.1) is 18.1 Å². The second-order valence-electron chi connectivity index (χ2n) is 12.6. The number of fused-ring (bicyclic) bond motifs is 5. The number of Topliss-reactive ketones (excluding diaryl/α,β-unsaturated/α-hetero) is 1. The lowest BCUT2D eigenvalue weighted by molar-refractivity contribution is -0.123. The molecule has 3 aliphatic rings. The van der Waals surface area contributed by atoms with Gasteiger partial charge in [-0.1, -0.05) is 56.3 Å². The Morgan fingerprint density at radius 2 is 1.94 bits per heavy atom. The van der Waals surface area contributed by atoms with Crippen LogP contribution in [-0.2, 0) is 16.6 Å². The normalized spacial score (nSPS) is 22.4. The largest absolute Gasteiger partial charge is 0.506 e. The number of nitrogens with one attached hydrogen (secondary N) is 4. The molecule has 2 aromatic heterocycles. The van der Waals surface area contributed by atoms with E-state index in [4.69, 9.17) is 19.9 Å². The molecule has 47 heavy (non-hydrogen) atoms. The molecule has 8 rings (SSSR count). The van der Waals surface area contributed by atoms with Crippen LogP contribution in [0.1, 0.15) is 69.1 Å². The van der Waals surface area contributed by atoms with Crippen LogP contribution in [0.25, 0.3) is 10.9 Å². The summed E-state index contributed by atoms with van der Waals surface area (Å²) >= 11 is 0. The van der Waals surface area contributed by atoms with Gasteiger partial charge in [0.2, 0.25) is 11.8 Å². The number of benzene rings is 3. The third-order valence-electron chi connectivity index (χ3n) is 9.39. The number of nitrogens with zero attached hydrogens (tertiary/aromatic N) is 1. The third-order valence-corrected chi connectivity index (χ3v) is 9.39. The van der Waals surface area contributed by atoms with Crippen LogP contribution >= 0.6 is 0 Å². The number of ether oxygens (including phenoxy) is 1. The molecule has 0 radical (unpaired) electrons. The highest BCUT2D eigenvalue weighted by Gasteiger charge is 2.61. The van der Waals surface area contributed by atoms with Crippen molar-refractivity contribution in [2.45, 2.75) is 44.0 Å². The molecule has 2 amide bonds. The van der Waals surface area contributed by atoms with E-state index in [1.54, 1.807) is 12.1 Å². The molecular formula is C35H32N6O6. The number of carbonyl (C=O) groups excluding carboxylic acids is 3. The van der Waals surface area contributed by atoms with Gasteiger partial charge in [0.25, 0.3) is 5.91 Å². The second-order valence-corrected chi connectivity index (χ2v) is 12.6. The lowest BCUT2D eigenvalue weighted by atomic mass is 9.72. The molecule has 5 heterocycles. The SMILES string of the molecule is CC(C)[C@@H]1NC(=O)[C@@H](N)Cc2ccc3c(c2)C2(c4ccccc4N[C@H]2O3)c2oc1nc2C(=O)NCC(=O)c1c[nH]c2c(O)cccc12. The van der Waals surface area contributed by atoms with Gasteiger partial charge in [0.1, 0.15) is 23.0 Å². The maximum absolute atomic E-state index is 14.2. The zero-order chi connectivity index (χ0) is 32.6. The van der Waals surface area contributed by atoms with Gasteiger partial charge in [-0.2, -0.15) is 0 Å². The average molecular weight is 633 g/mol. The van der Waals surface area contributed by atoms with Gasteiger partial charge in [-0.25, -0.2) is 4.98 Å². The molecule has 5 aromatic rings. The predicted octanol–water partition coefficient (Wildman–Crippen LogP) is 3.65. The van der Waals surface area contributed by atoms with Crippen LogP contribution in [0.4, 0.5) is 5.69 Å². The fourth-order valence-electron chi connectivity index (χ4n) is 7.07. The Morgan fingerprint density at radius 1 is 1.11 bits per heavy atom. The molecule has 3 aromatic carbocycles. The summed E-state index contributed by atoms with van der Waals surface area (Å²) in [5.41, 5.74) is 9.21. The van der Waals surface area contributed by atoms with Crippen molar-refractivity contribution in [3.63, 3.8) is 0 Å². The van der Waals surface area contributed by atoms with E-state index in [0.717, 1.165) is 22.4 Å². The summed E-state index contributed by atoms with van der Waals surface area (Å²) in [7, 11) is 0. The van der Waals surface area contributed by atoms with Crippen LogP contribution in [-0.4, -0.2) is 51.5 Å². The standard InChI is InChI=1S/C35H32N6O6/c1-16(2)27-33-41-29(32(45)38-15-25(43)19-14-37-28-18(19)6-5-9-24(28)42)30(47-33)35-20-7-3-4-8-23(20)39-34(35)46-26-11-10-17(12-21(26)35)13-22(36)31(44)40-27/h3-12,14,16,22,27,34,37,39,42H,13,15,36H2,1-2H3,(H,38,45)(H,40,44)/t22-,27-,34-,35?/m0/s1. The first kappa shape index (κ1) is 28.8. The van der Waals surface area contributed by atoms with Crippen molar-refractivity contribution < 1.29 is 28.6 Å². The van der Waals surface area contributed by atoms with E-state index in [2.05, 4.69) is 20.9 Å². The number of phenolic OH excluding ortho intramolecular Hbond substituents is 1. The van der Waals surface area contributed by atoms with Crippen molar-refractivity contribution in [1.29, 1.82) is 0 Å². The minimum Gasteiger partial charge on any atom is -0.506 e. The van der Waals surface area contributed by atoms with E-state index in [1.807, 2.05) is 56.3 Å². The Hall–Kier alpha value is -5.62. The van der Waals surface area contributed by atoms with Crippen molar-refractivity contribution in [3.05, 3.63) is 106 Å². The molecule has 12 nitrogen and oxygen atoms in total. The Morgan fingerprint density at radius 3 is 2.77 bits per heavy atom. The van der Waals surface area contributed by atoms with Crippen molar-refractivity contribution >= 4 is 34.2 Å². The zero-order valence-electron chi connectivity index (χ0n) is 25.6. The molecule has 7 N–H and O–H groups in total. The van der Waals surface area contributed by atoms with Crippen LogP contribution in [0.5, 0.6) is 11.5 Å². The van der Waals surface area contributed by atoms with Crippen molar-refractivity contribution in [2.75, 3.05) is 11.9 Å². The number of oxazole rings is 1. The Balaban J connectivity index is 1.27. The topological polar surface area (TPSA) is 185 Å². The number of para-hydroxylation sites is 2. The highest BCUT2D eigenvalue weighted by molar-refractivity contribution is 6.11. The first-order chi connectivity index (χ1) is 22.7. The Kier molecular flexibility index (Phi) is 6.41. The quantitative estimate of drug-likeness (QED) is 0.157. The van der Waals surface area contributed by atoms with Crippen molar-refractivity contribution in [3.8, 4) is 11.5 Å². The lowest BCUT2D eigenvalue weighted by Gasteiger charge is -2.28. The molecule has 0 saturated carbocycles. The Bertz CT molecular complexity index is 2120. The summed E-state index contributed by atoms with van der Waals surface area (Å²) in [6, 6.07) is 16.8. The summed E-state index contributed by atoms with van der Waals surface area (Å²) in [6.07, 6.45) is 1.12. The summed E-state index contributed by atoms with van der Waals surface area (Å²) in [4.78, 5) is 48.5. The average Bonchev–Trinajstić information content (AvgIpc) is 3.82. The van der Waals surface area contributed by atoms with Gasteiger partial charge in [-0.3, -0.25) is 14.4 Å². The number of aromatic hydroxyl groups is 1. The number of rotatable bonds is 5. The maximum atomic E-state index is 14.2. The molecule has 1 spiro atoms. The van der Waals surface area contributed by atoms with Crippen molar-refractivity contribution in [2.24, 2.45) is 11.7 Å². The minimum atomic E-state index is -1.13. The number of anilines is 1. The molecule has 12 heteroatoms. The van der Waals surface area contributed by atoms with Crippen LogP contribution < -0.4 is 26.4 Å². The van der Waals surface area contributed by atoms with Gasteiger partial charge in [-0.15, -0.1) is 0 Å². The number of aromatic nitrogens is 2. The summed E-state index contributed by atoms with van der Waals surface area (Å²) < 4.78 is 13.1. The van der Waals surface area contributed by atoms with Crippen LogP contribution in [0.2, 0.25) is 0 Å². The van der Waals surface area contributed by atoms with Gasteiger partial charge < -0.3 is 40.9 Å². The number of amides is 2. The number of phenols is 1. The smallest absolute Gasteiger partial charge is 0.273 e. The van der Waals surface area contributed by atoms with E-state index in [0.29, 0.717) is 22.2 Å². The molecule has 3 aliphatic heterocycles. The molecule has 0 saturated heterocycles. The number of hydrogen-bond acceptors (Lipinski definition) is 9. The first-order valence-corrected chi connectivity index (χ1v) is 15.5. The van der Waals surface area contributed by atoms with Gasteiger partial charge in [0, 0.05) is 28.4 Å². The molecule has 4 atom stereocenters. The monoisotopic (exact) mass is 632 g/mol. The Labute approximate surface area is 268 Å². The van der Waals surface area contributed by atoms with Gasteiger partial charge >= 0.3 is 0 Å². The number of aromatic amines is 1. The summed E-state index contributed by atoms with van der Waals surface area (Å²) in [5, 5.41) is 19.9. The molecule has 4 bridgehead atoms. The number of nitrogens with two attached hydrogens (primary N) is 1. The molecule has 0 aliphatic carbocycles. The maximum Gasteiger partial charge on any atom is 0.273 e. The highest BCUT2D eigenvalue weighted by Crippen LogP contribution is 2.58. The van der Waals surface area contributed by atoms with Gasteiger partial charge in [-0.05, 0) is 41.7 Å². The van der Waals surface area contributed by atoms with Crippen LogP contribution in [0.15, 0.2) is 71.3 Å². The second kappa shape index (κ2) is 10.5. The van der Waals surface area contributed by atoms with E-state index < -0.39 is 29.6 Å². The molecule has 0 fully saturated rings. The van der Waals surface area contributed by atoms with E-state index in [9.17, 15) is 19.5 Å². The molecule has 1 unspecified atom stereocenters. The van der Waals surface area contributed by atoms with Gasteiger partial charge in [0.15, 0.2) is 23.5 Å². The molecular weight excluding hydrogens is 600 g/mol. The first-order valence-electron chi connectivity index (χ1n) is 15.5. The van der Waals surface area contributed by atoms with Crippen LogP contribution in [0.3, 0.4) is 0 Å². The fraction of sp³-hybridized carbons (Fsp3) is 0.257. The summed E-state index contributed by atoms with van der Waals surface area (Å²) in [5.74, 6) is -0.555. The number of ketones is 1. The summed E-state index contributed by atoms with van der Waals surface area (Å²) in [6.45, 7) is 3.48. The minimum absolute atomic E-state index is 0.0172. The zero-order valence-corrected chi connectivity index (χ0v) is 25.6. The third kappa shape index (κ3) is 4.24. The fourth-order valence-corrected chi connectivity index (χ4v) is 7.07. The van der Waals surface area contributed by atoms with E-state index in [1.165, 1.54) is 12.3 Å².